The number of Topliss-reactive ketones (excluding diaryl/α,β-unsaturated/α-hetero) is 1. The molecule has 0 heterocycles. The van der Waals surface area contributed by atoms with E-state index in [0.717, 1.165) is 23.1 Å². The van der Waals surface area contributed by atoms with Crippen LogP contribution in [0, 0.1) is 0 Å². The molecule has 0 unspecified atom stereocenters. The van der Waals surface area contributed by atoms with Gasteiger partial charge in [-0.05, 0) is 54.3 Å². The summed E-state index contributed by atoms with van der Waals surface area (Å²) in [6, 6.07) is 12.7. The maximum atomic E-state index is 12.7. The quantitative estimate of drug-likeness (QED) is 0.639. The zero-order valence-corrected chi connectivity index (χ0v) is 13.7. The second kappa shape index (κ2) is 6.71. The van der Waals surface area contributed by atoms with Gasteiger partial charge in [0.2, 0.25) is 0 Å². The Balaban J connectivity index is 1.94. The molecule has 2 aromatic rings. The molecule has 0 fully saturated rings. The molecule has 1 aliphatic rings. The Morgan fingerprint density at radius 2 is 1.92 bits per heavy atom. The molecule has 24 heavy (non-hydrogen) atoms. The van der Waals surface area contributed by atoms with Crippen LogP contribution in [0.5, 0.6) is 5.75 Å². The van der Waals surface area contributed by atoms with E-state index in [-0.39, 0.29) is 11.8 Å². The van der Waals surface area contributed by atoms with E-state index in [0.29, 0.717) is 23.3 Å². The number of hydrogen-bond donors (Lipinski definition) is 0. The van der Waals surface area contributed by atoms with E-state index in [4.69, 9.17) is 9.47 Å². The van der Waals surface area contributed by atoms with Gasteiger partial charge in [-0.25, -0.2) is 4.79 Å². The minimum absolute atomic E-state index is 0.0126. The van der Waals surface area contributed by atoms with E-state index in [1.807, 2.05) is 24.3 Å². The van der Waals surface area contributed by atoms with E-state index in [1.54, 1.807) is 31.4 Å². The molecular weight excluding hydrogens is 304 g/mol. The maximum absolute atomic E-state index is 12.7. The fraction of sp³-hybridized carbons (Fsp3) is 0.200. The molecular formula is C20H18O4. The van der Waals surface area contributed by atoms with E-state index in [1.165, 1.54) is 7.11 Å². The molecule has 122 valence electrons. The number of benzene rings is 2. The van der Waals surface area contributed by atoms with Crippen LogP contribution in [0.1, 0.15) is 38.3 Å². The van der Waals surface area contributed by atoms with Crippen LogP contribution in [0.25, 0.3) is 6.08 Å². The van der Waals surface area contributed by atoms with E-state index in [9.17, 15) is 9.59 Å². The van der Waals surface area contributed by atoms with E-state index < -0.39 is 0 Å². The minimum atomic E-state index is -0.389. The van der Waals surface area contributed by atoms with Crippen molar-refractivity contribution in [1.29, 1.82) is 0 Å². The predicted molar refractivity (Wildman–Crippen MR) is 91.4 cm³/mol. The number of ketones is 1. The van der Waals surface area contributed by atoms with Gasteiger partial charge in [-0.2, -0.15) is 0 Å². The maximum Gasteiger partial charge on any atom is 0.337 e. The van der Waals surface area contributed by atoms with Crippen molar-refractivity contribution in [3.8, 4) is 5.75 Å². The van der Waals surface area contributed by atoms with Gasteiger partial charge in [-0.1, -0.05) is 18.2 Å². The molecule has 4 heteroatoms. The lowest BCUT2D eigenvalue weighted by atomic mass is 9.86. The van der Waals surface area contributed by atoms with Crippen molar-refractivity contribution in [1.82, 2.24) is 0 Å². The molecule has 4 nitrogen and oxygen atoms in total. The molecule has 0 radical (unpaired) electrons. The fourth-order valence-electron chi connectivity index (χ4n) is 2.88. The van der Waals surface area contributed by atoms with Crippen LogP contribution >= 0.6 is 0 Å². The normalized spacial score (nSPS) is 15.1. The van der Waals surface area contributed by atoms with Crippen LogP contribution < -0.4 is 4.74 Å². The van der Waals surface area contributed by atoms with Gasteiger partial charge in [0, 0.05) is 11.1 Å². The summed E-state index contributed by atoms with van der Waals surface area (Å²) in [4.78, 5) is 24.4. The van der Waals surface area contributed by atoms with Crippen LogP contribution in [-0.4, -0.2) is 26.0 Å². The molecule has 0 aliphatic heterocycles. The van der Waals surface area contributed by atoms with Crippen molar-refractivity contribution in [3.05, 3.63) is 70.3 Å². The Hall–Kier alpha value is -2.88. The molecule has 1 aliphatic carbocycles. The number of hydrogen-bond acceptors (Lipinski definition) is 4. The van der Waals surface area contributed by atoms with Crippen molar-refractivity contribution >= 4 is 17.8 Å². The number of carbonyl (C=O) groups excluding carboxylic acids is 2. The lowest BCUT2D eigenvalue weighted by Gasteiger charge is -2.18. The number of rotatable bonds is 3. The number of methoxy groups -OCH3 is 2. The number of allylic oxidation sites excluding steroid dienone is 1. The first-order valence-electron chi connectivity index (χ1n) is 7.73. The highest BCUT2D eigenvalue weighted by Crippen LogP contribution is 2.29. The Morgan fingerprint density at radius 3 is 2.67 bits per heavy atom. The first kappa shape index (κ1) is 16.0. The molecule has 0 atom stereocenters. The summed E-state index contributed by atoms with van der Waals surface area (Å²) in [5.74, 6) is 0.301. The van der Waals surface area contributed by atoms with Crippen molar-refractivity contribution in [2.45, 2.75) is 12.8 Å². The highest BCUT2D eigenvalue weighted by molar-refractivity contribution is 6.13. The van der Waals surface area contributed by atoms with E-state index in [2.05, 4.69) is 0 Å². The summed E-state index contributed by atoms with van der Waals surface area (Å²) in [7, 11) is 2.94. The van der Waals surface area contributed by atoms with Crippen molar-refractivity contribution in [2.75, 3.05) is 14.2 Å². The Labute approximate surface area is 140 Å². The Bertz CT molecular complexity index is 833. The van der Waals surface area contributed by atoms with Gasteiger partial charge < -0.3 is 9.47 Å². The predicted octanol–water partition coefficient (Wildman–Crippen LogP) is 3.69. The molecule has 0 aromatic heterocycles. The standard InChI is InChI=1S/C20H18O4/c1-23-17-9-8-14-6-7-15(19(21)18(14)12-17)10-13-4-3-5-16(11-13)20(22)24-2/h3-5,8-12H,6-7H2,1-2H3. The zero-order chi connectivity index (χ0) is 17.1. The summed E-state index contributed by atoms with van der Waals surface area (Å²) < 4.78 is 9.95. The second-order valence-electron chi connectivity index (χ2n) is 5.64. The van der Waals surface area contributed by atoms with Gasteiger partial charge >= 0.3 is 5.97 Å². The largest absolute Gasteiger partial charge is 0.497 e. The van der Waals surface area contributed by atoms with Gasteiger partial charge in [-0.15, -0.1) is 0 Å². The molecule has 0 saturated heterocycles. The van der Waals surface area contributed by atoms with Crippen LogP contribution in [0.4, 0.5) is 0 Å². The lowest BCUT2D eigenvalue weighted by Crippen LogP contribution is -2.14. The lowest BCUT2D eigenvalue weighted by molar-refractivity contribution is 0.0600. The third-order valence-corrected chi connectivity index (χ3v) is 4.17. The van der Waals surface area contributed by atoms with Gasteiger partial charge in [0.15, 0.2) is 5.78 Å². The summed E-state index contributed by atoms with van der Waals surface area (Å²) in [5, 5.41) is 0. The van der Waals surface area contributed by atoms with Crippen LogP contribution in [-0.2, 0) is 11.2 Å². The Morgan fingerprint density at radius 1 is 1.08 bits per heavy atom. The van der Waals surface area contributed by atoms with E-state index >= 15 is 0 Å². The number of carbonyl (C=O) groups is 2. The van der Waals surface area contributed by atoms with Gasteiger partial charge in [-0.3, -0.25) is 4.79 Å². The van der Waals surface area contributed by atoms with Crippen LogP contribution in [0.3, 0.4) is 0 Å². The number of fused-ring (bicyclic) bond motifs is 1. The van der Waals surface area contributed by atoms with Crippen LogP contribution in [0.2, 0.25) is 0 Å². The monoisotopic (exact) mass is 322 g/mol. The Kier molecular flexibility index (Phi) is 4.47. The molecule has 0 spiro atoms. The number of aryl methyl sites for hydroxylation is 1. The van der Waals surface area contributed by atoms with Crippen molar-refractivity contribution < 1.29 is 19.1 Å². The zero-order valence-electron chi connectivity index (χ0n) is 13.7. The summed E-state index contributed by atoms with van der Waals surface area (Å²) in [6.07, 6.45) is 3.34. The third kappa shape index (κ3) is 3.08. The van der Waals surface area contributed by atoms with Crippen molar-refractivity contribution in [3.63, 3.8) is 0 Å². The molecule has 0 N–H and O–H groups in total. The van der Waals surface area contributed by atoms with Gasteiger partial charge in [0.1, 0.15) is 5.75 Å². The molecule has 2 aromatic carbocycles. The van der Waals surface area contributed by atoms with Gasteiger partial charge in [0.05, 0.1) is 19.8 Å². The van der Waals surface area contributed by atoms with Crippen molar-refractivity contribution in [2.24, 2.45) is 0 Å². The average Bonchev–Trinajstić information content (AvgIpc) is 2.63. The fourth-order valence-corrected chi connectivity index (χ4v) is 2.88. The highest BCUT2D eigenvalue weighted by Gasteiger charge is 2.22. The number of ether oxygens (including phenoxy) is 2. The summed E-state index contributed by atoms with van der Waals surface area (Å²) >= 11 is 0. The molecule has 3 rings (SSSR count). The SMILES string of the molecule is COC(=O)c1cccc(C=C2CCc3ccc(OC)cc3C2=O)c1. The summed E-state index contributed by atoms with van der Waals surface area (Å²) in [5.41, 5.74) is 3.75. The second-order valence-corrected chi connectivity index (χ2v) is 5.64. The summed E-state index contributed by atoms with van der Waals surface area (Å²) in [6.45, 7) is 0. The first-order chi connectivity index (χ1) is 11.6. The van der Waals surface area contributed by atoms with Crippen LogP contribution in [0.15, 0.2) is 48.0 Å². The number of esters is 1. The highest BCUT2D eigenvalue weighted by atomic mass is 16.5. The van der Waals surface area contributed by atoms with Gasteiger partial charge in [0.25, 0.3) is 0 Å². The first-order valence-corrected chi connectivity index (χ1v) is 7.73. The molecule has 0 amide bonds. The molecule has 0 bridgehead atoms. The smallest absolute Gasteiger partial charge is 0.337 e. The third-order valence-electron chi connectivity index (χ3n) is 4.17. The topological polar surface area (TPSA) is 52.6 Å². The minimum Gasteiger partial charge on any atom is -0.497 e. The average molecular weight is 322 g/mol. The molecule has 0 saturated carbocycles.